The predicted molar refractivity (Wildman–Crippen MR) is 182 cm³/mol. The maximum absolute atomic E-state index is 13.6. The Morgan fingerprint density at radius 3 is 2.34 bits per heavy atom. The summed E-state index contributed by atoms with van der Waals surface area (Å²) >= 11 is 7.96. The molecule has 15 heteroatoms. The molecule has 0 radical (unpaired) electrons. The zero-order chi connectivity index (χ0) is 34.1. The van der Waals surface area contributed by atoms with Crippen molar-refractivity contribution < 1.29 is 27.0 Å². The number of urea groups is 1. The number of benzene rings is 1. The van der Waals surface area contributed by atoms with Crippen LogP contribution in [0.3, 0.4) is 0 Å². The summed E-state index contributed by atoms with van der Waals surface area (Å²) in [6.45, 7) is 10.8. The van der Waals surface area contributed by atoms with E-state index in [0.717, 1.165) is 22.3 Å². The van der Waals surface area contributed by atoms with Gasteiger partial charge in [-0.2, -0.15) is 13.5 Å². The van der Waals surface area contributed by atoms with Crippen LogP contribution in [0.1, 0.15) is 60.1 Å². The minimum absolute atomic E-state index is 0.0256. The van der Waals surface area contributed by atoms with Crippen LogP contribution in [0.4, 0.5) is 16.3 Å². The third-order valence-corrected chi connectivity index (χ3v) is 9.16. The number of piperidine rings is 1. The van der Waals surface area contributed by atoms with Crippen LogP contribution in [-0.2, 0) is 19.8 Å². The van der Waals surface area contributed by atoms with E-state index in [-0.39, 0.29) is 34.4 Å². The van der Waals surface area contributed by atoms with Gasteiger partial charge in [-0.05, 0) is 49.1 Å². The van der Waals surface area contributed by atoms with E-state index in [1.807, 2.05) is 75.2 Å². The number of carbonyl (C=O) groups excluding carboxylic acids is 2. The number of aromatic nitrogens is 3. The average molecular weight is 701 g/mol. The number of halogens is 1. The number of likely N-dealkylation sites (tertiary alicyclic amines) is 1. The van der Waals surface area contributed by atoms with Crippen LogP contribution in [0.25, 0.3) is 5.69 Å². The molecule has 0 saturated carbocycles. The van der Waals surface area contributed by atoms with Crippen molar-refractivity contribution in [1.82, 2.24) is 19.7 Å². The van der Waals surface area contributed by atoms with E-state index in [0.29, 0.717) is 42.4 Å². The summed E-state index contributed by atoms with van der Waals surface area (Å²) < 4.78 is 37.4. The van der Waals surface area contributed by atoms with Gasteiger partial charge in [0.2, 0.25) is 5.88 Å². The van der Waals surface area contributed by atoms with E-state index in [9.17, 15) is 18.0 Å². The van der Waals surface area contributed by atoms with E-state index >= 15 is 0 Å². The highest BCUT2D eigenvalue weighted by molar-refractivity contribution is 7.86. The highest BCUT2D eigenvalue weighted by Crippen LogP contribution is 2.32. The fourth-order valence-corrected chi connectivity index (χ4v) is 6.41. The highest BCUT2D eigenvalue weighted by Gasteiger charge is 2.31. The molecule has 5 rings (SSSR count). The molecule has 0 bridgehead atoms. The van der Waals surface area contributed by atoms with Gasteiger partial charge >= 0.3 is 6.03 Å². The number of ether oxygens (including phenoxy) is 1. The molecule has 47 heavy (non-hydrogen) atoms. The normalized spacial score (nSPS) is 14.2. The van der Waals surface area contributed by atoms with Crippen LogP contribution >= 0.6 is 22.9 Å². The molecule has 3 amide bonds. The molecule has 1 N–H and O–H groups in total. The van der Waals surface area contributed by atoms with Crippen molar-refractivity contribution in [3.63, 3.8) is 0 Å². The smallest absolute Gasteiger partial charge is 0.353 e. The van der Waals surface area contributed by atoms with E-state index in [4.69, 9.17) is 20.6 Å². The van der Waals surface area contributed by atoms with Crippen molar-refractivity contribution in [2.24, 2.45) is 0 Å². The lowest BCUT2D eigenvalue weighted by molar-refractivity contribution is 0.0592. The number of hydrogen-bond donors (Lipinski definition) is 1. The number of nitrogens with one attached hydrogen (secondary N) is 1. The average Bonchev–Trinajstić information content (AvgIpc) is 3.64. The van der Waals surface area contributed by atoms with Gasteiger partial charge in [0.1, 0.15) is 11.1 Å². The van der Waals surface area contributed by atoms with Gasteiger partial charge in [0.25, 0.3) is 16.0 Å². The van der Waals surface area contributed by atoms with Gasteiger partial charge in [0, 0.05) is 37.4 Å². The van der Waals surface area contributed by atoms with Crippen molar-refractivity contribution in [1.29, 1.82) is 0 Å². The number of thiophene rings is 1. The first-order chi connectivity index (χ1) is 22.1. The summed E-state index contributed by atoms with van der Waals surface area (Å²) in [5.74, 6) is 0.275. The number of anilines is 2. The number of hydrogen-bond acceptors (Lipinski definition) is 9. The molecule has 4 aromatic rings. The number of amides is 3. The first-order valence-corrected chi connectivity index (χ1v) is 18.0. The Balaban J connectivity index is 1.32. The van der Waals surface area contributed by atoms with Crippen molar-refractivity contribution in [2.75, 3.05) is 29.7 Å². The number of rotatable bonds is 8. The Hall–Kier alpha value is -3.98. The summed E-state index contributed by atoms with van der Waals surface area (Å²) in [4.78, 5) is 33.4. The lowest BCUT2D eigenvalue weighted by atomic mass is 9.92. The summed E-state index contributed by atoms with van der Waals surface area (Å²) in [5, 5.41) is 10.0. The Morgan fingerprint density at radius 2 is 1.77 bits per heavy atom. The molecule has 0 atom stereocenters. The number of aryl methyl sites for hydroxylation is 2. The summed E-state index contributed by atoms with van der Waals surface area (Å²) in [5.41, 5.74) is 2.94. The van der Waals surface area contributed by atoms with Crippen molar-refractivity contribution in [2.45, 2.75) is 59.0 Å². The van der Waals surface area contributed by atoms with Crippen LogP contribution in [0.15, 0.2) is 54.0 Å². The summed E-state index contributed by atoms with van der Waals surface area (Å²) in [6, 6.07) is 11.5. The minimum atomic E-state index is -4.16. The summed E-state index contributed by atoms with van der Waals surface area (Å²) in [7, 11) is -4.16. The first kappa shape index (κ1) is 34.4. The molecular formula is C32H37ClN6O6S2. The van der Waals surface area contributed by atoms with Crippen LogP contribution in [0, 0.1) is 13.8 Å². The molecule has 12 nitrogen and oxygen atoms in total. The second kappa shape index (κ2) is 13.6. The Morgan fingerprint density at radius 1 is 1.09 bits per heavy atom. The van der Waals surface area contributed by atoms with Gasteiger partial charge in [0.05, 0.1) is 34.4 Å². The zero-order valence-corrected chi connectivity index (χ0v) is 29.4. The molecule has 0 unspecified atom stereocenters. The SMILES string of the molecule is Cc1ccc(-n2nc(C(C)(C)C)cc2N(OS(C)(=O)=O)C(=O)Nc2cnc(OC3CCN(C(=O)c4sccc4C)CC3)c(Cl)c2)cc1. The molecule has 1 saturated heterocycles. The highest BCUT2D eigenvalue weighted by atomic mass is 35.5. The maximum atomic E-state index is 13.6. The van der Waals surface area contributed by atoms with Gasteiger partial charge < -0.3 is 15.0 Å². The second-order valence-corrected chi connectivity index (χ2v) is 15.3. The van der Waals surface area contributed by atoms with Crippen LogP contribution in [0.5, 0.6) is 5.88 Å². The van der Waals surface area contributed by atoms with E-state index in [1.165, 1.54) is 28.3 Å². The molecule has 250 valence electrons. The third-order valence-electron chi connectivity index (χ3n) is 7.46. The van der Waals surface area contributed by atoms with Gasteiger partial charge in [-0.1, -0.05) is 50.1 Å². The lowest BCUT2D eigenvalue weighted by Gasteiger charge is -2.32. The number of hydroxylamine groups is 1. The topological polar surface area (TPSA) is 136 Å². The number of pyridine rings is 1. The van der Waals surface area contributed by atoms with Crippen LogP contribution < -0.4 is 15.1 Å². The van der Waals surface area contributed by atoms with Crippen LogP contribution in [0.2, 0.25) is 5.02 Å². The monoisotopic (exact) mass is 700 g/mol. The van der Waals surface area contributed by atoms with E-state index in [2.05, 4.69) is 15.4 Å². The fraction of sp³-hybridized carbons (Fsp3) is 0.375. The lowest BCUT2D eigenvalue weighted by Crippen LogP contribution is -2.41. The first-order valence-electron chi connectivity index (χ1n) is 14.9. The molecule has 1 aliphatic heterocycles. The van der Waals surface area contributed by atoms with Crippen LogP contribution in [-0.4, -0.2) is 65.5 Å². The van der Waals surface area contributed by atoms with Gasteiger partial charge in [-0.3, -0.25) is 4.79 Å². The second-order valence-electron chi connectivity index (χ2n) is 12.4. The molecule has 0 spiro atoms. The molecule has 1 fully saturated rings. The summed E-state index contributed by atoms with van der Waals surface area (Å²) in [6.07, 6.45) is 3.21. The third kappa shape index (κ3) is 8.30. The van der Waals surface area contributed by atoms with Gasteiger partial charge in [-0.25, -0.2) is 14.5 Å². The number of nitrogens with zero attached hydrogens (tertiary/aromatic N) is 5. The fourth-order valence-electron chi connectivity index (χ4n) is 4.89. The molecule has 1 aromatic carbocycles. The predicted octanol–water partition coefficient (Wildman–Crippen LogP) is 6.51. The molecule has 4 heterocycles. The largest absolute Gasteiger partial charge is 0.473 e. The zero-order valence-electron chi connectivity index (χ0n) is 27.0. The van der Waals surface area contributed by atoms with E-state index < -0.39 is 21.6 Å². The molecule has 3 aromatic heterocycles. The van der Waals surface area contributed by atoms with Crippen molar-refractivity contribution in [3.05, 3.63) is 80.8 Å². The molecule has 0 aliphatic carbocycles. The Labute approximate surface area is 283 Å². The Bertz CT molecular complexity index is 1880. The minimum Gasteiger partial charge on any atom is -0.473 e. The maximum Gasteiger partial charge on any atom is 0.353 e. The molecule has 1 aliphatic rings. The number of carbonyl (C=O) groups is 2. The van der Waals surface area contributed by atoms with E-state index in [1.54, 1.807) is 6.07 Å². The molecular weight excluding hydrogens is 664 g/mol. The van der Waals surface area contributed by atoms with Gasteiger partial charge in [-0.15, -0.1) is 20.7 Å². The van der Waals surface area contributed by atoms with Crippen molar-refractivity contribution >= 4 is 56.5 Å². The Kier molecular flexibility index (Phi) is 9.96. The standard InChI is InChI=1S/C32H37ClN6O6S2/c1-20-7-9-23(10-8-20)38-27(18-26(36-38)32(3,4)5)39(45-47(6,42)43)31(41)35-22-17-25(33)29(34-19-22)44-24-11-14-37(15-12-24)30(40)28-21(2)13-16-46-28/h7-10,13,16-19,24H,11-12,14-15H2,1-6H3,(H,35,41). The van der Waals surface area contributed by atoms with Gasteiger partial charge in [0.15, 0.2) is 5.82 Å². The quantitative estimate of drug-likeness (QED) is 0.206. The van der Waals surface area contributed by atoms with Crippen molar-refractivity contribution in [3.8, 4) is 11.6 Å².